The molecule has 112 valence electrons. The van der Waals surface area contributed by atoms with Crippen molar-refractivity contribution in [3.05, 3.63) is 62.8 Å². The number of hydrogen-bond donors (Lipinski definition) is 1. The maximum atomic E-state index is 13.8. The molecule has 0 atom stereocenters. The second-order valence-electron chi connectivity index (χ2n) is 4.52. The lowest BCUT2D eigenvalue weighted by Gasteiger charge is -2.13. The molecule has 0 saturated heterocycles. The number of nitrogens with one attached hydrogen (secondary N) is 1. The van der Waals surface area contributed by atoms with E-state index in [1.165, 1.54) is 6.07 Å². The van der Waals surface area contributed by atoms with Crippen LogP contribution in [0.5, 0.6) is 5.75 Å². The van der Waals surface area contributed by atoms with Crippen molar-refractivity contribution in [3.63, 3.8) is 0 Å². The van der Waals surface area contributed by atoms with Gasteiger partial charge in [-0.2, -0.15) is 0 Å². The van der Waals surface area contributed by atoms with E-state index >= 15 is 0 Å². The molecule has 0 unspecified atom stereocenters. The molecular formula is C16H16BrClFNO. The van der Waals surface area contributed by atoms with Crippen molar-refractivity contribution in [2.75, 3.05) is 6.54 Å². The molecule has 0 radical (unpaired) electrons. The fourth-order valence-corrected chi connectivity index (χ4v) is 2.46. The van der Waals surface area contributed by atoms with Crippen LogP contribution in [-0.2, 0) is 13.2 Å². The van der Waals surface area contributed by atoms with E-state index in [2.05, 4.69) is 21.2 Å². The Morgan fingerprint density at radius 1 is 1.29 bits per heavy atom. The maximum absolute atomic E-state index is 13.8. The molecule has 0 heterocycles. The van der Waals surface area contributed by atoms with Crippen LogP contribution in [0.3, 0.4) is 0 Å². The molecule has 0 saturated carbocycles. The molecule has 2 nitrogen and oxygen atoms in total. The van der Waals surface area contributed by atoms with E-state index in [9.17, 15) is 4.39 Å². The predicted octanol–water partition coefficient (Wildman–Crippen LogP) is 4.93. The molecule has 0 aliphatic rings. The highest BCUT2D eigenvalue weighted by Crippen LogP contribution is 2.27. The zero-order valence-corrected chi connectivity index (χ0v) is 14.0. The lowest BCUT2D eigenvalue weighted by Crippen LogP contribution is -2.13. The van der Waals surface area contributed by atoms with Gasteiger partial charge in [0.2, 0.25) is 0 Å². The SMILES string of the molecule is CCNCc1c(Cl)cccc1OCc1ccc(Br)cc1F. The van der Waals surface area contributed by atoms with Crippen LogP contribution in [0.15, 0.2) is 40.9 Å². The molecule has 0 aromatic heterocycles. The summed E-state index contributed by atoms with van der Waals surface area (Å²) in [7, 11) is 0. The highest BCUT2D eigenvalue weighted by atomic mass is 79.9. The van der Waals surface area contributed by atoms with Gasteiger partial charge < -0.3 is 10.1 Å². The van der Waals surface area contributed by atoms with Gasteiger partial charge in [-0.25, -0.2) is 4.39 Å². The van der Waals surface area contributed by atoms with Crippen LogP contribution in [0.4, 0.5) is 4.39 Å². The van der Waals surface area contributed by atoms with Gasteiger partial charge in [0.25, 0.3) is 0 Å². The number of halogens is 3. The fourth-order valence-electron chi connectivity index (χ4n) is 1.89. The minimum atomic E-state index is -0.292. The van der Waals surface area contributed by atoms with Gasteiger partial charge in [-0.15, -0.1) is 0 Å². The van der Waals surface area contributed by atoms with Gasteiger partial charge >= 0.3 is 0 Å². The van der Waals surface area contributed by atoms with Crippen LogP contribution in [0.1, 0.15) is 18.1 Å². The van der Waals surface area contributed by atoms with E-state index < -0.39 is 0 Å². The summed E-state index contributed by atoms with van der Waals surface area (Å²) in [6.07, 6.45) is 0. The van der Waals surface area contributed by atoms with Crippen molar-refractivity contribution in [1.29, 1.82) is 0 Å². The zero-order chi connectivity index (χ0) is 15.2. The summed E-state index contributed by atoms with van der Waals surface area (Å²) in [5.74, 6) is 0.380. The van der Waals surface area contributed by atoms with Gasteiger partial charge in [-0.1, -0.05) is 46.6 Å². The lowest BCUT2D eigenvalue weighted by molar-refractivity contribution is 0.296. The van der Waals surface area contributed by atoms with Crippen molar-refractivity contribution >= 4 is 27.5 Å². The average molecular weight is 373 g/mol. The maximum Gasteiger partial charge on any atom is 0.130 e. The average Bonchev–Trinajstić information content (AvgIpc) is 2.45. The summed E-state index contributed by atoms with van der Waals surface area (Å²) in [4.78, 5) is 0. The predicted molar refractivity (Wildman–Crippen MR) is 87.3 cm³/mol. The van der Waals surface area contributed by atoms with Crippen molar-refractivity contribution < 1.29 is 9.13 Å². The highest BCUT2D eigenvalue weighted by Gasteiger charge is 2.09. The Morgan fingerprint density at radius 3 is 2.81 bits per heavy atom. The van der Waals surface area contributed by atoms with Crippen LogP contribution in [-0.4, -0.2) is 6.54 Å². The van der Waals surface area contributed by atoms with Gasteiger partial charge in [-0.05, 0) is 30.8 Å². The summed E-state index contributed by atoms with van der Waals surface area (Å²) in [6.45, 7) is 3.65. The molecule has 0 aliphatic carbocycles. The van der Waals surface area contributed by atoms with Gasteiger partial charge in [0.15, 0.2) is 0 Å². The molecule has 2 aromatic rings. The van der Waals surface area contributed by atoms with E-state index in [1.807, 2.05) is 25.1 Å². The summed E-state index contributed by atoms with van der Waals surface area (Å²) in [5.41, 5.74) is 1.39. The number of benzene rings is 2. The molecule has 21 heavy (non-hydrogen) atoms. The lowest BCUT2D eigenvalue weighted by atomic mass is 10.2. The highest BCUT2D eigenvalue weighted by molar-refractivity contribution is 9.10. The quantitative estimate of drug-likeness (QED) is 0.776. The topological polar surface area (TPSA) is 21.3 Å². The van der Waals surface area contributed by atoms with Crippen molar-refractivity contribution in [2.24, 2.45) is 0 Å². The Bertz CT molecular complexity index is 621. The second-order valence-corrected chi connectivity index (χ2v) is 5.84. The van der Waals surface area contributed by atoms with E-state index in [0.29, 0.717) is 27.4 Å². The Morgan fingerprint density at radius 2 is 2.10 bits per heavy atom. The smallest absolute Gasteiger partial charge is 0.130 e. The standard InChI is InChI=1S/C16H16BrClFNO/c1-2-20-9-13-14(18)4-3-5-16(13)21-10-11-6-7-12(17)8-15(11)19/h3-8,20H,2,9-10H2,1H3. The first kappa shape index (κ1) is 16.3. The minimum Gasteiger partial charge on any atom is -0.488 e. The number of rotatable bonds is 6. The van der Waals surface area contributed by atoms with Crippen molar-refractivity contribution in [3.8, 4) is 5.75 Å². The third-order valence-corrected chi connectivity index (χ3v) is 3.87. The van der Waals surface area contributed by atoms with Crippen LogP contribution in [0, 0.1) is 5.82 Å². The first-order chi connectivity index (χ1) is 10.1. The Hall–Kier alpha value is -1.10. The van der Waals surface area contributed by atoms with Crippen molar-refractivity contribution in [2.45, 2.75) is 20.1 Å². The molecule has 1 N–H and O–H groups in total. The van der Waals surface area contributed by atoms with Gasteiger partial charge in [0.05, 0.1) is 0 Å². The van der Waals surface area contributed by atoms with E-state index in [0.717, 1.165) is 12.1 Å². The molecule has 2 aromatic carbocycles. The molecule has 0 aliphatic heterocycles. The Kier molecular flexibility index (Phi) is 6.03. The van der Waals surface area contributed by atoms with Crippen molar-refractivity contribution in [1.82, 2.24) is 5.32 Å². The monoisotopic (exact) mass is 371 g/mol. The summed E-state index contributed by atoms with van der Waals surface area (Å²) < 4.78 is 20.2. The Labute approximate surface area is 137 Å². The first-order valence-corrected chi connectivity index (χ1v) is 7.83. The summed E-state index contributed by atoms with van der Waals surface area (Å²) in [6, 6.07) is 10.4. The van der Waals surface area contributed by atoms with Gasteiger partial charge in [0.1, 0.15) is 18.2 Å². The van der Waals surface area contributed by atoms with E-state index in [1.54, 1.807) is 12.1 Å². The van der Waals surface area contributed by atoms with Gasteiger partial charge in [-0.3, -0.25) is 0 Å². The number of ether oxygens (including phenoxy) is 1. The van der Waals surface area contributed by atoms with Gasteiger partial charge in [0, 0.05) is 27.2 Å². The third kappa shape index (κ3) is 4.43. The van der Waals surface area contributed by atoms with Crippen LogP contribution in [0.2, 0.25) is 5.02 Å². The number of hydrogen-bond acceptors (Lipinski definition) is 2. The van der Waals surface area contributed by atoms with Crippen LogP contribution in [0.25, 0.3) is 0 Å². The molecule has 0 fully saturated rings. The summed E-state index contributed by atoms with van der Waals surface area (Å²) in [5, 5.41) is 3.86. The largest absolute Gasteiger partial charge is 0.488 e. The van der Waals surface area contributed by atoms with E-state index in [-0.39, 0.29) is 12.4 Å². The molecule has 0 spiro atoms. The Balaban J connectivity index is 2.14. The minimum absolute atomic E-state index is 0.165. The summed E-state index contributed by atoms with van der Waals surface area (Å²) >= 11 is 9.43. The molecule has 5 heteroatoms. The zero-order valence-electron chi connectivity index (χ0n) is 11.6. The van der Waals surface area contributed by atoms with E-state index in [4.69, 9.17) is 16.3 Å². The van der Waals surface area contributed by atoms with Crippen LogP contribution < -0.4 is 10.1 Å². The second kappa shape index (κ2) is 7.78. The molecular weight excluding hydrogens is 357 g/mol. The molecule has 0 amide bonds. The normalized spacial score (nSPS) is 10.7. The fraction of sp³-hybridized carbons (Fsp3) is 0.250. The molecule has 2 rings (SSSR count). The molecule has 0 bridgehead atoms. The first-order valence-electron chi connectivity index (χ1n) is 6.66. The van der Waals surface area contributed by atoms with Crippen LogP contribution >= 0.6 is 27.5 Å². The third-order valence-electron chi connectivity index (χ3n) is 3.03.